The van der Waals surface area contributed by atoms with Crippen molar-refractivity contribution in [2.75, 3.05) is 19.6 Å². The molecule has 134 valence electrons. The third-order valence-electron chi connectivity index (χ3n) is 5.60. The highest BCUT2D eigenvalue weighted by Crippen LogP contribution is 2.35. The zero-order valence-corrected chi connectivity index (χ0v) is 16.1. The van der Waals surface area contributed by atoms with Crippen molar-refractivity contribution in [1.29, 1.82) is 0 Å². The maximum atomic E-state index is 12.8. The van der Waals surface area contributed by atoms with E-state index in [1.54, 1.807) is 11.3 Å². The first-order valence-corrected chi connectivity index (χ1v) is 10.4. The number of aromatic nitrogens is 1. The molecule has 0 bridgehead atoms. The van der Waals surface area contributed by atoms with E-state index >= 15 is 0 Å². The van der Waals surface area contributed by atoms with E-state index in [1.165, 1.54) is 9.71 Å². The summed E-state index contributed by atoms with van der Waals surface area (Å²) in [4.78, 5) is 19.7. The number of hydrogen-bond acceptors (Lipinski definition) is 4. The third-order valence-corrected chi connectivity index (χ3v) is 7.03. The molecule has 2 atom stereocenters. The summed E-state index contributed by atoms with van der Waals surface area (Å²) in [6.07, 6.45) is 4.14. The molecule has 1 aromatic carbocycles. The van der Waals surface area contributed by atoms with Gasteiger partial charge in [-0.25, -0.2) is 4.98 Å². The van der Waals surface area contributed by atoms with E-state index in [4.69, 9.17) is 16.6 Å². The molecule has 2 fully saturated rings. The molecule has 0 aliphatic carbocycles. The number of likely N-dealkylation sites (tertiary alicyclic amines) is 1. The fraction of sp³-hybridized carbons (Fsp3) is 0.579. The Hall–Kier alpha value is -1.17. The van der Waals surface area contributed by atoms with Crippen molar-refractivity contribution in [1.82, 2.24) is 15.2 Å². The molecule has 3 heterocycles. The number of thiazole rings is 1. The lowest BCUT2D eigenvalue weighted by molar-refractivity contribution is -0.138. The summed E-state index contributed by atoms with van der Waals surface area (Å²) in [6.45, 7) is 4.88. The van der Waals surface area contributed by atoms with Crippen LogP contribution in [0.2, 0.25) is 5.02 Å². The Kier molecular flexibility index (Phi) is 4.98. The highest BCUT2D eigenvalue weighted by Gasteiger charge is 2.33. The molecule has 1 N–H and O–H groups in total. The Morgan fingerprint density at radius 1 is 1.32 bits per heavy atom. The van der Waals surface area contributed by atoms with Crippen LogP contribution in [0, 0.1) is 5.92 Å². The molecular weight excluding hydrogens is 354 g/mol. The first-order valence-electron chi connectivity index (χ1n) is 9.20. The predicted octanol–water partition coefficient (Wildman–Crippen LogP) is 4.04. The van der Waals surface area contributed by atoms with Gasteiger partial charge in [0.25, 0.3) is 0 Å². The fourth-order valence-electron chi connectivity index (χ4n) is 4.06. The molecule has 2 aliphatic heterocycles. The summed E-state index contributed by atoms with van der Waals surface area (Å²) in [7, 11) is 0. The van der Waals surface area contributed by atoms with Crippen LogP contribution in [0.1, 0.15) is 43.5 Å². The van der Waals surface area contributed by atoms with E-state index in [0.717, 1.165) is 55.9 Å². The number of halogens is 1. The lowest BCUT2D eigenvalue weighted by Gasteiger charge is -2.37. The Bertz CT molecular complexity index is 769. The van der Waals surface area contributed by atoms with E-state index in [9.17, 15) is 4.79 Å². The van der Waals surface area contributed by atoms with Crippen molar-refractivity contribution < 1.29 is 4.79 Å². The van der Waals surface area contributed by atoms with Crippen molar-refractivity contribution in [3.05, 3.63) is 28.2 Å². The van der Waals surface area contributed by atoms with Crippen LogP contribution in [-0.4, -0.2) is 41.5 Å². The van der Waals surface area contributed by atoms with Crippen molar-refractivity contribution in [2.45, 2.75) is 44.6 Å². The van der Waals surface area contributed by atoms with Crippen LogP contribution in [0.4, 0.5) is 0 Å². The van der Waals surface area contributed by atoms with E-state index in [1.807, 2.05) is 12.1 Å². The second-order valence-electron chi connectivity index (χ2n) is 7.26. The van der Waals surface area contributed by atoms with Gasteiger partial charge in [0.2, 0.25) is 5.91 Å². The smallest absolute Gasteiger partial charge is 0.227 e. The van der Waals surface area contributed by atoms with Crippen molar-refractivity contribution in [3.8, 4) is 0 Å². The van der Waals surface area contributed by atoms with Gasteiger partial charge in [0.15, 0.2) is 0 Å². The number of carbonyl (C=O) groups excluding carboxylic acids is 1. The number of hydrogen-bond donors (Lipinski definition) is 1. The number of fused-ring (bicyclic) bond motifs is 1. The fourth-order valence-corrected chi connectivity index (χ4v) is 5.34. The molecular formula is C19H24ClN3OS. The van der Waals surface area contributed by atoms with Crippen LogP contribution in [0.15, 0.2) is 18.2 Å². The molecule has 6 heteroatoms. The topological polar surface area (TPSA) is 45.2 Å². The monoisotopic (exact) mass is 377 g/mol. The van der Waals surface area contributed by atoms with E-state index in [0.29, 0.717) is 17.9 Å². The van der Waals surface area contributed by atoms with Gasteiger partial charge >= 0.3 is 0 Å². The number of piperidine rings is 2. The average molecular weight is 378 g/mol. The molecule has 0 saturated carbocycles. The summed E-state index contributed by atoms with van der Waals surface area (Å²) in [5.41, 5.74) is 0.994. The van der Waals surface area contributed by atoms with Gasteiger partial charge in [-0.3, -0.25) is 4.79 Å². The minimum atomic E-state index is 0.148. The van der Waals surface area contributed by atoms with Gasteiger partial charge in [-0.1, -0.05) is 11.6 Å². The minimum Gasteiger partial charge on any atom is -0.342 e. The summed E-state index contributed by atoms with van der Waals surface area (Å²) in [5, 5.41) is 5.37. The molecule has 0 radical (unpaired) electrons. The van der Waals surface area contributed by atoms with Crippen LogP contribution in [-0.2, 0) is 4.79 Å². The zero-order valence-electron chi connectivity index (χ0n) is 14.5. The highest BCUT2D eigenvalue weighted by atomic mass is 35.5. The van der Waals surface area contributed by atoms with Gasteiger partial charge in [-0.2, -0.15) is 0 Å². The second kappa shape index (κ2) is 7.22. The maximum absolute atomic E-state index is 12.8. The standard InChI is InChI=1S/C19H24ClN3OS/c1-12-15(3-2-8-21-12)19(24)23-9-6-13(7-10-23)18-22-16-11-14(20)4-5-17(16)25-18/h4-5,11-13,15,21H,2-3,6-10H2,1H3/t12-,15-/m1/s1. The van der Waals surface area contributed by atoms with Crippen LogP contribution in [0.25, 0.3) is 10.2 Å². The van der Waals surface area contributed by atoms with Crippen LogP contribution >= 0.6 is 22.9 Å². The summed E-state index contributed by atoms with van der Waals surface area (Å²) < 4.78 is 1.19. The maximum Gasteiger partial charge on any atom is 0.227 e. The Morgan fingerprint density at radius 3 is 2.88 bits per heavy atom. The first kappa shape index (κ1) is 17.3. The van der Waals surface area contributed by atoms with Gasteiger partial charge in [0.1, 0.15) is 0 Å². The average Bonchev–Trinajstić information content (AvgIpc) is 3.05. The van der Waals surface area contributed by atoms with Crippen LogP contribution < -0.4 is 5.32 Å². The Morgan fingerprint density at radius 2 is 2.12 bits per heavy atom. The summed E-state index contributed by atoms with van der Waals surface area (Å²) in [6, 6.07) is 6.21. The number of rotatable bonds is 2. The Balaban J connectivity index is 1.41. The molecule has 2 aromatic rings. The summed E-state index contributed by atoms with van der Waals surface area (Å²) >= 11 is 7.84. The van der Waals surface area contributed by atoms with Gasteiger partial charge in [-0.05, 0) is 57.4 Å². The lowest BCUT2D eigenvalue weighted by Crippen LogP contribution is -2.49. The molecule has 4 nitrogen and oxygen atoms in total. The van der Waals surface area contributed by atoms with Crippen LogP contribution in [0.5, 0.6) is 0 Å². The SMILES string of the molecule is C[C@H]1NCCC[C@H]1C(=O)N1CCC(c2nc3cc(Cl)ccc3s2)CC1. The number of amides is 1. The van der Waals surface area contributed by atoms with Gasteiger partial charge < -0.3 is 10.2 Å². The molecule has 4 rings (SSSR count). The van der Waals surface area contributed by atoms with Gasteiger partial charge in [-0.15, -0.1) is 11.3 Å². The minimum absolute atomic E-state index is 0.148. The molecule has 2 aliphatic rings. The number of benzene rings is 1. The molecule has 0 unspecified atom stereocenters. The zero-order chi connectivity index (χ0) is 17.4. The third kappa shape index (κ3) is 3.55. The van der Waals surface area contributed by atoms with Crippen molar-refractivity contribution in [2.24, 2.45) is 5.92 Å². The summed E-state index contributed by atoms with van der Waals surface area (Å²) in [5.74, 6) is 0.950. The quantitative estimate of drug-likeness (QED) is 0.858. The molecule has 2 saturated heterocycles. The number of nitrogens with one attached hydrogen (secondary N) is 1. The molecule has 1 amide bonds. The molecule has 0 spiro atoms. The van der Waals surface area contributed by atoms with Crippen LogP contribution in [0.3, 0.4) is 0 Å². The van der Waals surface area contributed by atoms with Gasteiger partial charge in [0.05, 0.1) is 21.1 Å². The Labute approximate surface area is 157 Å². The highest BCUT2D eigenvalue weighted by molar-refractivity contribution is 7.18. The van der Waals surface area contributed by atoms with E-state index in [2.05, 4.69) is 23.2 Å². The second-order valence-corrected chi connectivity index (χ2v) is 8.75. The van der Waals surface area contributed by atoms with E-state index < -0.39 is 0 Å². The molecule has 25 heavy (non-hydrogen) atoms. The van der Waals surface area contributed by atoms with Crippen molar-refractivity contribution >= 4 is 39.1 Å². The number of carbonyl (C=O) groups is 1. The first-order chi connectivity index (χ1) is 12.1. The number of nitrogens with zero attached hydrogens (tertiary/aromatic N) is 2. The molecule has 1 aromatic heterocycles. The predicted molar refractivity (Wildman–Crippen MR) is 103 cm³/mol. The largest absolute Gasteiger partial charge is 0.342 e. The normalized spacial score (nSPS) is 25.4. The lowest BCUT2D eigenvalue weighted by atomic mass is 9.89. The van der Waals surface area contributed by atoms with Gasteiger partial charge in [0, 0.05) is 30.1 Å². The van der Waals surface area contributed by atoms with E-state index in [-0.39, 0.29) is 5.92 Å². The van der Waals surface area contributed by atoms with Crippen molar-refractivity contribution in [3.63, 3.8) is 0 Å².